The molecule has 1 atom stereocenters. The summed E-state index contributed by atoms with van der Waals surface area (Å²) in [6.07, 6.45) is 5.04. The Labute approximate surface area is 174 Å². The first-order valence-electron chi connectivity index (χ1n) is 10.2. The molecule has 1 saturated carbocycles. The Balaban J connectivity index is 1.80. The number of ketones is 1. The predicted molar refractivity (Wildman–Crippen MR) is 112 cm³/mol. The van der Waals surface area contributed by atoms with Gasteiger partial charge in [0.1, 0.15) is 5.75 Å². The number of thiophene rings is 1. The van der Waals surface area contributed by atoms with Gasteiger partial charge in [-0.05, 0) is 48.9 Å². The highest BCUT2D eigenvalue weighted by molar-refractivity contribution is 7.12. The summed E-state index contributed by atoms with van der Waals surface area (Å²) in [5.74, 6) is -0.448. The van der Waals surface area contributed by atoms with Gasteiger partial charge in [0.2, 0.25) is 5.78 Å². The van der Waals surface area contributed by atoms with E-state index in [1.807, 2.05) is 36.6 Å². The number of carbonyl (C=O) groups excluding carboxylic acids is 2. The Hall–Kier alpha value is -2.60. The Morgan fingerprint density at radius 1 is 1.21 bits per heavy atom. The molecular formula is C23H25NO4S. The van der Waals surface area contributed by atoms with E-state index in [1.165, 1.54) is 11.3 Å². The maximum atomic E-state index is 13.3. The first-order valence-corrected chi connectivity index (χ1v) is 11.1. The largest absolute Gasteiger partial charge is 0.503 e. The molecule has 152 valence electrons. The summed E-state index contributed by atoms with van der Waals surface area (Å²) in [4.78, 5) is 28.7. The molecular weight excluding hydrogens is 386 g/mol. The number of nitrogens with zero attached hydrogens (tertiary/aromatic N) is 1. The van der Waals surface area contributed by atoms with Crippen LogP contribution in [-0.4, -0.2) is 34.3 Å². The highest BCUT2D eigenvalue weighted by Gasteiger charge is 2.46. The van der Waals surface area contributed by atoms with Gasteiger partial charge in [-0.3, -0.25) is 9.59 Å². The number of ether oxygens (including phenoxy) is 1. The van der Waals surface area contributed by atoms with Gasteiger partial charge in [-0.1, -0.05) is 37.5 Å². The SMILES string of the molecule is CCOc1cccc(C2C(C(=O)c3cccs3)=C(O)C(=O)N2C2CCCCC2)c1. The van der Waals surface area contributed by atoms with Gasteiger partial charge in [-0.2, -0.15) is 0 Å². The monoisotopic (exact) mass is 411 g/mol. The minimum Gasteiger partial charge on any atom is -0.503 e. The number of aliphatic hydroxyl groups is 1. The van der Waals surface area contributed by atoms with Crippen LogP contribution in [0.1, 0.15) is 60.3 Å². The normalized spacial score (nSPS) is 20.4. The topological polar surface area (TPSA) is 66.8 Å². The van der Waals surface area contributed by atoms with Crippen LogP contribution in [0.2, 0.25) is 0 Å². The molecule has 0 radical (unpaired) electrons. The lowest BCUT2D eigenvalue weighted by Gasteiger charge is -2.36. The lowest BCUT2D eigenvalue weighted by molar-refractivity contribution is -0.132. The highest BCUT2D eigenvalue weighted by Crippen LogP contribution is 2.43. The molecule has 29 heavy (non-hydrogen) atoms. The molecule has 0 saturated heterocycles. The molecule has 0 spiro atoms. The van der Waals surface area contributed by atoms with E-state index in [0.29, 0.717) is 17.2 Å². The minimum atomic E-state index is -0.597. The van der Waals surface area contributed by atoms with Crippen LogP contribution in [0.4, 0.5) is 0 Å². The van der Waals surface area contributed by atoms with Crippen molar-refractivity contribution in [1.82, 2.24) is 4.90 Å². The lowest BCUT2D eigenvalue weighted by Crippen LogP contribution is -2.41. The van der Waals surface area contributed by atoms with Gasteiger partial charge in [-0.15, -0.1) is 11.3 Å². The van der Waals surface area contributed by atoms with Gasteiger partial charge in [0.25, 0.3) is 5.91 Å². The molecule has 4 rings (SSSR count). The summed E-state index contributed by atoms with van der Waals surface area (Å²) in [5.41, 5.74) is 0.968. The number of benzene rings is 1. The van der Waals surface area contributed by atoms with Crippen LogP contribution in [0.3, 0.4) is 0 Å². The van der Waals surface area contributed by atoms with Crippen molar-refractivity contribution in [3.63, 3.8) is 0 Å². The minimum absolute atomic E-state index is 0.0211. The molecule has 6 heteroatoms. The molecule has 1 aliphatic heterocycles. The van der Waals surface area contributed by atoms with Crippen molar-refractivity contribution in [3.8, 4) is 5.75 Å². The molecule has 2 aliphatic rings. The van der Waals surface area contributed by atoms with Crippen molar-refractivity contribution in [1.29, 1.82) is 0 Å². The van der Waals surface area contributed by atoms with Crippen LogP contribution in [0.25, 0.3) is 0 Å². The maximum absolute atomic E-state index is 13.3. The standard InChI is InChI=1S/C23H25NO4S/c1-2-28-17-11-6-8-15(14-17)20-19(21(25)18-12-7-13-29-18)22(26)23(27)24(20)16-9-4-3-5-10-16/h6-8,11-14,16,20,26H,2-5,9-10H2,1H3. The quantitative estimate of drug-likeness (QED) is 0.675. The van der Waals surface area contributed by atoms with Crippen LogP contribution >= 0.6 is 11.3 Å². The van der Waals surface area contributed by atoms with Crippen LogP contribution in [0.5, 0.6) is 5.75 Å². The lowest BCUT2D eigenvalue weighted by atomic mass is 9.90. The third kappa shape index (κ3) is 3.69. The average molecular weight is 412 g/mol. The summed E-state index contributed by atoms with van der Waals surface area (Å²) < 4.78 is 5.64. The van der Waals surface area contributed by atoms with E-state index in [-0.39, 0.29) is 17.4 Å². The van der Waals surface area contributed by atoms with E-state index in [4.69, 9.17) is 4.74 Å². The average Bonchev–Trinajstić information content (AvgIpc) is 3.36. The second-order valence-corrected chi connectivity index (χ2v) is 8.43. The van der Waals surface area contributed by atoms with E-state index in [0.717, 1.165) is 37.7 Å². The number of aliphatic hydroxyl groups excluding tert-OH is 1. The Kier molecular flexibility index (Phi) is 5.72. The van der Waals surface area contributed by atoms with Crippen LogP contribution in [-0.2, 0) is 4.79 Å². The number of Topliss-reactive ketones (excluding diaryl/α,β-unsaturated/α-hetero) is 1. The Bertz CT molecular complexity index is 928. The van der Waals surface area contributed by atoms with Crippen LogP contribution < -0.4 is 4.74 Å². The maximum Gasteiger partial charge on any atom is 0.290 e. The third-order valence-corrected chi connectivity index (χ3v) is 6.55. The van der Waals surface area contributed by atoms with Crippen LogP contribution in [0, 0.1) is 0 Å². The van der Waals surface area contributed by atoms with Crippen molar-refractivity contribution in [2.75, 3.05) is 6.61 Å². The van der Waals surface area contributed by atoms with E-state index in [9.17, 15) is 14.7 Å². The molecule has 2 aromatic rings. The van der Waals surface area contributed by atoms with Gasteiger partial charge < -0.3 is 14.7 Å². The summed E-state index contributed by atoms with van der Waals surface area (Å²) in [6, 6.07) is 10.5. The molecule has 1 aliphatic carbocycles. The van der Waals surface area contributed by atoms with E-state index in [2.05, 4.69) is 0 Å². The fourth-order valence-corrected chi connectivity index (χ4v) is 5.08. The van der Waals surface area contributed by atoms with Gasteiger partial charge in [0.15, 0.2) is 5.76 Å². The van der Waals surface area contributed by atoms with Gasteiger partial charge in [0.05, 0.1) is 23.1 Å². The van der Waals surface area contributed by atoms with Crippen molar-refractivity contribution in [2.24, 2.45) is 0 Å². The molecule has 2 heterocycles. The first-order chi connectivity index (χ1) is 14.1. The van der Waals surface area contributed by atoms with E-state index < -0.39 is 17.7 Å². The molecule has 0 bridgehead atoms. The second-order valence-electron chi connectivity index (χ2n) is 7.48. The van der Waals surface area contributed by atoms with Crippen LogP contribution in [0.15, 0.2) is 53.1 Å². The van der Waals surface area contributed by atoms with Crippen molar-refractivity contribution < 1.29 is 19.4 Å². The first kappa shape index (κ1) is 19.7. The molecule has 1 unspecified atom stereocenters. The molecule has 1 amide bonds. The van der Waals surface area contributed by atoms with Gasteiger partial charge >= 0.3 is 0 Å². The van der Waals surface area contributed by atoms with Crippen molar-refractivity contribution >= 4 is 23.0 Å². The summed E-state index contributed by atoms with van der Waals surface area (Å²) in [7, 11) is 0. The van der Waals surface area contributed by atoms with Crippen molar-refractivity contribution in [2.45, 2.75) is 51.1 Å². The van der Waals surface area contributed by atoms with Crippen molar-refractivity contribution in [3.05, 3.63) is 63.6 Å². The predicted octanol–water partition coefficient (Wildman–Crippen LogP) is 5.06. The highest BCUT2D eigenvalue weighted by atomic mass is 32.1. The van der Waals surface area contributed by atoms with Gasteiger partial charge in [0, 0.05) is 6.04 Å². The Morgan fingerprint density at radius 3 is 2.69 bits per heavy atom. The zero-order chi connectivity index (χ0) is 20.4. The zero-order valence-corrected chi connectivity index (χ0v) is 17.3. The van der Waals surface area contributed by atoms with Gasteiger partial charge in [-0.25, -0.2) is 0 Å². The molecule has 1 fully saturated rings. The molecule has 1 N–H and O–H groups in total. The molecule has 1 aromatic carbocycles. The number of hydrogen-bond donors (Lipinski definition) is 1. The fraction of sp³-hybridized carbons (Fsp3) is 0.391. The Morgan fingerprint density at radius 2 is 2.00 bits per heavy atom. The number of carbonyl (C=O) groups is 2. The molecule has 5 nitrogen and oxygen atoms in total. The summed E-state index contributed by atoms with van der Waals surface area (Å²) in [6.45, 7) is 2.44. The summed E-state index contributed by atoms with van der Waals surface area (Å²) >= 11 is 1.32. The number of rotatable bonds is 6. The third-order valence-electron chi connectivity index (χ3n) is 5.69. The number of hydrogen-bond acceptors (Lipinski definition) is 5. The van der Waals surface area contributed by atoms with E-state index >= 15 is 0 Å². The second kappa shape index (κ2) is 8.41. The van der Waals surface area contributed by atoms with E-state index in [1.54, 1.807) is 17.0 Å². The number of amides is 1. The smallest absolute Gasteiger partial charge is 0.290 e. The fourth-order valence-electron chi connectivity index (χ4n) is 4.40. The summed E-state index contributed by atoms with van der Waals surface area (Å²) in [5, 5.41) is 12.6. The zero-order valence-electron chi connectivity index (χ0n) is 16.5. The molecule has 1 aromatic heterocycles.